The van der Waals surface area contributed by atoms with Gasteiger partial charge in [0.1, 0.15) is 10.1 Å². The van der Waals surface area contributed by atoms with Gasteiger partial charge in [0.2, 0.25) is 0 Å². The molecule has 0 saturated heterocycles. The molecule has 0 spiro atoms. The third-order valence-electron chi connectivity index (χ3n) is 1.80. The maximum Gasteiger partial charge on any atom is 1.00 e. The zero-order valence-corrected chi connectivity index (χ0v) is 16.5. The van der Waals surface area contributed by atoms with Crippen LogP contribution in [0.1, 0.15) is 13.8 Å². The number of hydrogen-bond acceptors (Lipinski definition) is 6. The van der Waals surface area contributed by atoms with Gasteiger partial charge in [0, 0.05) is 4.91 Å². The van der Waals surface area contributed by atoms with E-state index in [0.29, 0.717) is 5.70 Å². The summed E-state index contributed by atoms with van der Waals surface area (Å²) in [4.78, 5) is -0.287. The number of benzene rings is 1. The van der Waals surface area contributed by atoms with Crippen molar-refractivity contribution in [3.05, 3.63) is 59.2 Å². The summed E-state index contributed by atoms with van der Waals surface area (Å²) < 4.78 is 30.9. The van der Waals surface area contributed by atoms with Crippen molar-refractivity contribution in [3.63, 3.8) is 0 Å². The first kappa shape index (κ1) is 26.1. The Hall–Kier alpha value is -0.830. The summed E-state index contributed by atoms with van der Waals surface area (Å²) in [5.74, 6) is 0. The quantitative estimate of drug-likeness (QED) is 0.348. The molecule has 0 unspecified atom stereocenters. The predicted octanol–water partition coefficient (Wildman–Crippen LogP) is -0.104. The van der Waals surface area contributed by atoms with Gasteiger partial charge in [0.05, 0.1) is 5.70 Å². The van der Waals surface area contributed by atoms with Gasteiger partial charge in [-0.1, -0.05) is 36.4 Å². The van der Waals surface area contributed by atoms with Crippen LogP contribution >= 0.6 is 0 Å². The molecule has 0 aromatic heterocycles. The number of rotatable bonds is 3. The van der Waals surface area contributed by atoms with Gasteiger partial charge in [-0.25, -0.2) is 13.9 Å². The number of nitrogens with one attached hydrogen (secondary N) is 2. The molecule has 22 heavy (non-hydrogen) atoms. The zero-order valence-electron chi connectivity index (χ0n) is 13.7. The van der Waals surface area contributed by atoms with E-state index in [9.17, 15) is 13.0 Å². The molecule has 1 rings (SSSR count). The van der Waals surface area contributed by atoms with Crippen molar-refractivity contribution in [3.8, 4) is 0 Å². The Labute approximate surface area is 155 Å². The van der Waals surface area contributed by atoms with Crippen molar-refractivity contribution in [2.75, 3.05) is 14.1 Å². The molecule has 6 nitrogen and oxygen atoms in total. The van der Waals surface area contributed by atoms with E-state index in [1.54, 1.807) is 0 Å². The second kappa shape index (κ2) is 16.5. The Balaban J connectivity index is -0.000000300. The van der Waals surface area contributed by atoms with Crippen LogP contribution in [0.2, 0.25) is 0 Å². The molecule has 1 aromatic carbocycles. The minimum Gasteiger partial charge on any atom is -0.744 e. The van der Waals surface area contributed by atoms with Crippen molar-refractivity contribution >= 4 is 10.1 Å². The Morgan fingerprint density at radius 2 is 1.36 bits per heavy atom. The average Bonchev–Trinajstić information content (AvgIpc) is 2.46. The average molecular weight is 335 g/mol. The van der Waals surface area contributed by atoms with E-state index in [1.807, 2.05) is 50.5 Å². The van der Waals surface area contributed by atoms with Crippen LogP contribution in [0.15, 0.2) is 64.3 Å². The third-order valence-corrected chi connectivity index (χ3v) is 2.72. The second-order valence-electron chi connectivity index (χ2n) is 3.81. The van der Waals surface area contributed by atoms with Crippen molar-refractivity contribution < 1.29 is 42.5 Å². The molecule has 0 saturated carbocycles. The summed E-state index contributed by atoms with van der Waals surface area (Å²) in [5, 5.41) is 5.76. The van der Waals surface area contributed by atoms with Crippen LogP contribution < -0.4 is 34.9 Å². The topological polar surface area (TPSA) is 105 Å². The fraction of sp³-hybridized carbons (Fsp3) is 0.286. The van der Waals surface area contributed by atoms with Crippen molar-refractivity contribution in [1.82, 2.24) is 5.32 Å². The van der Waals surface area contributed by atoms with Crippen LogP contribution in [0.25, 0.3) is 0 Å². The fourth-order valence-corrected chi connectivity index (χ4v) is 0.978. The van der Waals surface area contributed by atoms with Gasteiger partial charge in [0.25, 0.3) is 0 Å². The zero-order chi connectivity index (χ0) is 16.7. The smallest absolute Gasteiger partial charge is 0.744 e. The van der Waals surface area contributed by atoms with Gasteiger partial charge in [-0.3, -0.25) is 0 Å². The minimum absolute atomic E-state index is 0. The van der Waals surface area contributed by atoms with E-state index in [2.05, 4.69) is 10.4 Å². The van der Waals surface area contributed by atoms with Crippen LogP contribution in [0.5, 0.6) is 0 Å². The van der Waals surface area contributed by atoms with Gasteiger partial charge in [0.15, 0.2) is 0 Å². The standard InChI is InChI=1S/C6H10N2O3S.C6H6.C2H7N.Na/c1-5(8-7)3-4-6(2)12(9,10)11;1-2-4-6-5-3-1;1-3-2;/h3-4,7H,1-2H3,(H,9,10,11);1-6H;3H,1-2H3;/q;;;+1/p-1/b5-3+,6-4+,8-7?;;;. The molecular weight excluding hydrogens is 313 g/mol. The SMILES string of the molecule is C/C(=C\C=C(/C)S(=O)(=O)[O-])N=N.CNC.[Na+].c1ccccc1. The van der Waals surface area contributed by atoms with Crippen molar-refractivity contribution in [2.24, 2.45) is 5.11 Å². The minimum atomic E-state index is -4.34. The normalized spacial score (nSPS) is 11.0. The number of allylic oxidation sites excluding steroid dienone is 4. The Bertz CT molecular complexity index is 517. The molecule has 0 aliphatic rings. The first-order chi connectivity index (χ1) is 9.79. The van der Waals surface area contributed by atoms with Crippen molar-refractivity contribution in [1.29, 1.82) is 5.53 Å². The second-order valence-corrected chi connectivity index (χ2v) is 5.36. The first-order valence-corrected chi connectivity index (χ1v) is 7.47. The number of hydrogen-bond donors (Lipinski definition) is 2. The molecule has 118 valence electrons. The van der Waals surface area contributed by atoms with Gasteiger partial charge in [-0.15, -0.1) is 0 Å². The summed E-state index contributed by atoms with van der Waals surface area (Å²) in [5.41, 5.74) is 6.84. The van der Waals surface area contributed by atoms with E-state index < -0.39 is 10.1 Å². The molecule has 2 N–H and O–H groups in total. The van der Waals surface area contributed by atoms with Crippen LogP contribution in [-0.4, -0.2) is 27.1 Å². The maximum absolute atomic E-state index is 10.3. The van der Waals surface area contributed by atoms with Gasteiger partial charge < -0.3 is 9.87 Å². The van der Waals surface area contributed by atoms with Crippen LogP contribution in [-0.2, 0) is 10.1 Å². The summed E-state index contributed by atoms with van der Waals surface area (Å²) >= 11 is 0. The summed E-state index contributed by atoms with van der Waals surface area (Å²) in [6.45, 7) is 2.71. The monoisotopic (exact) mass is 335 g/mol. The largest absolute Gasteiger partial charge is 1.00 e. The Kier molecular flexibility index (Phi) is 19.6. The van der Waals surface area contributed by atoms with E-state index in [4.69, 9.17) is 5.53 Å². The van der Waals surface area contributed by atoms with Crippen LogP contribution in [0.4, 0.5) is 0 Å². The third kappa shape index (κ3) is 19.2. The predicted molar refractivity (Wildman–Crippen MR) is 83.8 cm³/mol. The molecule has 8 heteroatoms. The molecule has 0 bridgehead atoms. The molecule has 1 aromatic rings. The molecular formula is C14H22N3NaO3S. The molecule has 0 aliphatic heterocycles. The van der Waals surface area contributed by atoms with Gasteiger partial charge in [-0.2, -0.15) is 5.11 Å². The molecule has 0 atom stereocenters. The summed E-state index contributed by atoms with van der Waals surface area (Å²) in [6, 6.07) is 12.0. The van der Waals surface area contributed by atoms with Gasteiger partial charge >= 0.3 is 29.6 Å². The molecule has 0 heterocycles. The first-order valence-electron chi connectivity index (χ1n) is 6.06. The number of nitrogens with zero attached hydrogens (tertiary/aromatic N) is 1. The Morgan fingerprint density at radius 1 is 1.05 bits per heavy atom. The summed E-state index contributed by atoms with van der Waals surface area (Å²) in [7, 11) is -0.593. The van der Waals surface area contributed by atoms with E-state index >= 15 is 0 Å². The Morgan fingerprint density at radius 3 is 1.59 bits per heavy atom. The van der Waals surface area contributed by atoms with Gasteiger partial charge in [-0.05, 0) is 40.1 Å². The van der Waals surface area contributed by atoms with E-state index in [-0.39, 0.29) is 34.5 Å². The molecule has 0 amide bonds. The van der Waals surface area contributed by atoms with Crippen molar-refractivity contribution in [2.45, 2.75) is 13.8 Å². The molecule has 0 aliphatic carbocycles. The van der Waals surface area contributed by atoms with E-state index in [0.717, 1.165) is 6.08 Å². The molecule has 0 radical (unpaired) electrons. The fourth-order valence-electron chi connectivity index (χ4n) is 0.743. The van der Waals surface area contributed by atoms with E-state index in [1.165, 1.54) is 19.9 Å². The van der Waals surface area contributed by atoms with Crippen LogP contribution in [0.3, 0.4) is 0 Å². The molecule has 0 fully saturated rings. The summed E-state index contributed by atoms with van der Waals surface area (Å²) in [6.07, 6.45) is 2.41. The maximum atomic E-state index is 10.3. The van der Waals surface area contributed by atoms with Crippen LogP contribution in [0, 0.1) is 5.53 Å².